The van der Waals surface area contributed by atoms with Crippen LogP contribution in [-0.2, 0) is 10.2 Å². The van der Waals surface area contributed by atoms with Crippen LogP contribution in [0.4, 0.5) is 4.39 Å². The summed E-state index contributed by atoms with van der Waals surface area (Å²) in [5.74, 6) is -0.0527. The number of piperidine rings is 1. The van der Waals surface area contributed by atoms with Gasteiger partial charge in [0.2, 0.25) is 0 Å². The first-order chi connectivity index (χ1) is 13.9. The highest BCUT2D eigenvalue weighted by atomic mass is 35.5. The fourth-order valence-electron chi connectivity index (χ4n) is 4.38. The predicted octanol–water partition coefficient (Wildman–Crippen LogP) is 4.01. The van der Waals surface area contributed by atoms with Gasteiger partial charge in [0.15, 0.2) is 0 Å². The molecule has 3 atom stereocenters. The number of hydrogen-bond donors (Lipinski definition) is 0. The average molecular weight is 438 g/mol. The molecule has 0 saturated carbocycles. The van der Waals surface area contributed by atoms with Crippen LogP contribution in [0.1, 0.15) is 35.9 Å². The molecule has 0 aromatic heterocycles. The number of likely N-dealkylation sites (N-methyl/N-ethyl adjacent to an activating group) is 1. The Morgan fingerprint density at radius 1 is 1.00 bits per heavy atom. The maximum atomic E-state index is 13.9. The van der Waals surface area contributed by atoms with Crippen molar-refractivity contribution in [3.05, 3.63) is 70.7 Å². The van der Waals surface area contributed by atoms with Crippen LogP contribution in [0, 0.1) is 0 Å². The highest BCUT2D eigenvalue weighted by molar-refractivity contribution is 7.86. The van der Waals surface area contributed by atoms with Crippen molar-refractivity contribution in [3.63, 3.8) is 0 Å². The fraction of sp³-hybridized carbons (Fsp3) is 0.429. The van der Waals surface area contributed by atoms with Gasteiger partial charge in [0.1, 0.15) is 6.17 Å². The Kier molecular flexibility index (Phi) is 5.95. The number of rotatable bonds is 4. The molecule has 4 rings (SSSR count). The Hall–Kier alpha value is -1.51. The van der Waals surface area contributed by atoms with Crippen LogP contribution in [0.25, 0.3) is 0 Å². The molecule has 2 fully saturated rings. The summed E-state index contributed by atoms with van der Waals surface area (Å²) >= 11 is 6.06. The highest BCUT2D eigenvalue weighted by Crippen LogP contribution is 2.44. The van der Waals surface area contributed by atoms with Gasteiger partial charge in [-0.1, -0.05) is 54.1 Å². The molecule has 2 heterocycles. The molecule has 2 aromatic rings. The third-order valence-electron chi connectivity index (χ3n) is 5.85. The first kappa shape index (κ1) is 20.8. The van der Waals surface area contributed by atoms with Gasteiger partial charge in [-0.2, -0.15) is 12.7 Å². The van der Waals surface area contributed by atoms with Gasteiger partial charge >= 0.3 is 0 Å². The SMILES string of the molecule is CN1C(c2ccc(Cl)cc2)C(c2ccccc2)CN1S(=O)(=O)N1CCCC(F)C1. The van der Waals surface area contributed by atoms with Crippen molar-refractivity contribution < 1.29 is 12.8 Å². The maximum absolute atomic E-state index is 13.9. The van der Waals surface area contributed by atoms with Crippen LogP contribution in [0.15, 0.2) is 54.6 Å². The van der Waals surface area contributed by atoms with Crippen LogP contribution < -0.4 is 0 Å². The molecule has 2 aliphatic heterocycles. The molecule has 0 bridgehead atoms. The quantitative estimate of drug-likeness (QED) is 0.726. The summed E-state index contributed by atoms with van der Waals surface area (Å²) in [6.07, 6.45) is -0.147. The monoisotopic (exact) mass is 437 g/mol. The number of benzene rings is 2. The van der Waals surface area contributed by atoms with Gasteiger partial charge in [0.25, 0.3) is 10.2 Å². The van der Waals surface area contributed by atoms with E-state index in [9.17, 15) is 12.8 Å². The zero-order valence-corrected chi connectivity index (χ0v) is 17.9. The number of halogens is 2. The minimum atomic E-state index is -3.81. The Morgan fingerprint density at radius 2 is 1.69 bits per heavy atom. The molecule has 8 heteroatoms. The number of alkyl halides is 1. The van der Waals surface area contributed by atoms with E-state index in [1.807, 2.05) is 54.6 Å². The molecule has 0 amide bonds. The Bertz CT molecular complexity index is 942. The summed E-state index contributed by atoms with van der Waals surface area (Å²) in [7, 11) is -2.02. The summed E-state index contributed by atoms with van der Waals surface area (Å²) in [6.45, 7) is 0.590. The lowest BCUT2D eigenvalue weighted by Gasteiger charge is -2.35. The third kappa shape index (κ3) is 4.07. The van der Waals surface area contributed by atoms with E-state index in [2.05, 4.69) is 0 Å². The lowest BCUT2D eigenvalue weighted by atomic mass is 9.88. The Morgan fingerprint density at radius 3 is 2.34 bits per heavy atom. The van der Waals surface area contributed by atoms with Crippen molar-refractivity contribution in [2.24, 2.45) is 0 Å². The molecule has 2 aromatic carbocycles. The van der Waals surface area contributed by atoms with E-state index < -0.39 is 16.4 Å². The Balaban J connectivity index is 1.71. The number of nitrogens with zero attached hydrogens (tertiary/aromatic N) is 3. The van der Waals surface area contributed by atoms with E-state index in [4.69, 9.17) is 11.6 Å². The summed E-state index contributed by atoms with van der Waals surface area (Å²) in [4.78, 5) is 0. The number of hydrogen-bond acceptors (Lipinski definition) is 3. The van der Waals surface area contributed by atoms with Crippen LogP contribution in [0.5, 0.6) is 0 Å². The second kappa shape index (κ2) is 8.32. The normalized spacial score (nSPS) is 27.3. The van der Waals surface area contributed by atoms with Crippen molar-refractivity contribution in [1.82, 2.24) is 13.7 Å². The molecule has 2 aliphatic rings. The van der Waals surface area contributed by atoms with Crippen LogP contribution in [0.3, 0.4) is 0 Å². The molecule has 0 spiro atoms. The van der Waals surface area contributed by atoms with Crippen LogP contribution in [-0.4, -0.2) is 55.0 Å². The lowest BCUT2D eigenvalue weighted by Crippen LogP contribution is -2.51. The zero-order chi connectivity index (χ0) is 20.6. The molecular weight excluding hydrogens is 413 g/mol. The van der Waals surface area contributed by atoms with E-state index in [1.165, 1.54) is 8.72 Å². The molecule has 5 nitrogen and oxygen atoms in total. The number of hydrazine groups is 1. The standard InChI is InChI=1S/C21H25ClFN3O2S/c1-24-21(17-9-11-18(22)12-10-17)20(16-6-3-2-4-7-16)15-26(24)29(27,28)25-13-5-8-19(23)14-25/h2-4,6-7,9-12,19-21H,5,8,13-15H2,1H3. The van der Waals surface area contributed by atoms with E-state index >= 15 is 0 Å². The maximum Gasteiger partial charge on any atom is 0.295 e. The highest BCUT2D eigenvalue weighted by Gasteiger charge is 2.47. The van der Waals surface area contributed by atoms with E-state index in [0.717, 1.165) is 11.1 Å². The van der Waals surface area contributed by atoms with Crippen molar-refractivity contribution in [2.75, 3.05) is 26.7 Å². The second-order valence-corrected chi connectivity index (χ2v) is 9.97. The molecule has 0 N–H and O–H groups in total. The lowest BCUT2D eigenvalue weighted by molar-refractivity contribution is 0.0965. The molecular formula is C21H25ClFN3O2S. The molecule has 156 valence electrons. The first-order valence-corrected chi connectivity index (χ1v) is 11.6. The van der Waals surface area contributed by atoms with E-state index in [1.54, 1.807) is 12.1 Å². The van der Waals surface area contributed by atoms with Gasteiger partial charge in [-0.05, 0) is 36.1 Å². The minimum absolute atomic E-state index is 0.0527. The molecule has 3 unspecified atom stereocenters. The van der Waals surface area contributed by atoms with Crippen LogP contribution >= 0.6 is 11.6 Å². The Labute approximate surface area is 176 Å². The molecule has 0 aliphatic carbocycles. The van der Waals surface area contributed by atoms with Gasteiger partial charge in [-0.25, -0.2) is 9.40 Å². The van der Waals surface area contributed by atoms with Gasteiger partial charge < -0.3 is 0 Å². The predicted molar refractivity (Wildman–Crippen MR) is 112 cm³/mol. The zero-order valence-electron chi connectivity index (χ0n) is 16.3. The van der Waals surface area contributed by atoms with Gasteiger partial charge in [-0.15, -0.1) is 4.41 Å². The largest absolute Gasteiger partial charge is 0.295 e. The molecule has 29 heavy (non-hydrogen) atoms. The topological polar surface area (TPSA) is 43.9 Å². The summed E-state index contributed by atoms with van der Waals surface area (Å²) in [6, 6.07) is 17.3. The van der Waals surface area contributed by atoms with Crippen molar-refractivity contribution >= 4 is 21.8 Å². The fourth-order valence-corrected chi connectivity index (χ4v) is 6.26. The second-order valence-electron chi connectivity index (χ2n) is 7.70. The minimum Gasteiger partial charge on any atom is -0.246 e. The summed E-state index contributed by atoms with van der Waals surface area (Å²) < 4.78 is 43.4. The van der Waals surface area contributed by atoms with Crippen LogP contribution in [0.2, 0.25) is 5.02 Å². The average Bonchev–Trinajstić information content (AvgIpc) is 3.07. The summed E-state index contributed by atoms with van der Waals surface area (Å²) in [5, 5.41) is 2.41. The van der Waals surface area contributed by atoms with E-state index in [0.29, 0.717) is 31.0 Å². The van der Waals surface area contributed by atoms with Crippen molar-refractivity contribution in [1.29, 1.82) is 0 Å². The van der Waals surface area contributed by atoms with Crippen molar-refractivity contribution in [3.8, 4) is 0 Å². The summed E-state index contributed by atoms with van der Waals surface area (Å²) in [5.41, 5.74) is 2.06. The van der Waals surface area contributed by atoms with Gasteiger partial charge in [-0.3, -0.25) is 0 Å². The van der Waals surface area contributed by atoms with Gasteiger partial charge in [0, 0.05) is 37.6 Å². The van der Waals surface area contributed by atoms with E-state index in [-0.39, 0.29) is 18.5 Å². The first-order valence-electron chi connectivity index (χ1n) is 9.83. The molecule has 0 radical (unpaired) electrons. The molecule has 2 saturated heterocycles. The smallest absolute Gasteiger partial charge is 0.246 e. The third-order valence-corrected chi connectivity index (χ3v) is 8.02. The van der Waals surface area contributed by atoms with Crippen molar-refractivity contribution in [2.45, 2.75) is 31.0 Å². The van der Waals surface area contributed by atoms with Gasteiger partial charge in [0.05, 0.1) is 6.04 Å².